The Kier molecular flexibility index (Phi) is 4.77. The van der Waals surface area contributed by atoms with Crippen LogP contribution in [-0.2, 0) is 4.74 Å². The maximum absolute atomic E-state index is 13.0. The maximum atomic E-state index is 13.0. The van der Waals surface area contributed by atoms with Crippen LogP contribution in [0.2, 0.25) is 0 Å². The summed E-state index contributed by atoms with van der Waals surface area (Å²) in [5.74, 6) is -0.289. The highest BCUT2D eigenvalue weighted by molar-refractivity contribution is 6.19. The van der Waals surface area contributed by atoms with Crippen molar-refractivity contribution in [2.24, 2.45) is 4.99 Å². The second kappa shape index (κ2) is 7.61. The van der Waals surface area contributed by atoms with E-state index in [2.05, 4.69) is 25.0 Å². The van der Waals surface area contributed by atoms with Crippen molar-refractivity contribution >= 4 is 11.5 Å². The third-order valence-electron chi connectivity index (χ3n) is 5.31. The van der Waals surface area contributed by atoms with Crippen LogP contribution in [0.4, 0.5) is 8.78 Å². The summed E-state index contributed by atoms with van der Waals surface area (Å²) in [5, 5.41) is 4.38. The highest BCUT2D eigenvalue weighted by atomic mass is 19.3. The van der Waals surface area contributed by atoms with E-state index in [1.165, 1.54) is 0 Å². The van der Waals surface area contributed by atoms with Gasteiger partial charge in [-0.05, 0) is 12.8 Å². The quantitative estimate of drug-likeness (QED) is 0.673. The molecular formula is C19H17F2N7O3. The fraction of sp³-hybridized carbons (Fsp3) is 0.368. The van der Waals surface area contributed by atoms with Gasteiger partial charge in [0, 0.05) is 25.6 Å². The van der Waals surface area contributed by atoms with Crippen molar-refractivity contribution < 1.29 is 18.3 Å². The Morgan fingerprint density at radius 2 is 2.00 bits per heavy atom. The number of H-pyrrole nitrogens is 1. The molecule has 160 valence electrons. The molecule has 0 spiro atoms. The zero-order valence-electron chi connectivity index (χ0n) is 16.2. The van der Waals surface area contributed by atoms with E-state index in [-0.39, 0.29) is 41.1 Å². The number of aromatic amines is 1. The van der Waals surface area contributed by atoms with Crippen LogP contribution >= 0.6 is 0 Å². The van der Waals surface area contributed by atoms with Gasteiger partial charge in [-0.3, -0.25) is 23.8 Å². The number of alkyl halides is 2. The molecule has 12 heteroatoms. The molecule has 31 heavy (non-hydrogen) atoms. The highest BCUT2D eigenvalue weighted by Crippen LogP contribution is 2.24. The van der Waals surface area contributed by atoms with Crippen molar-refractivity contribution in [1.82, 2.24) is 29.3 Å². The standard InChI is InChI=1S/C19H17F2N7O3/c20-19(21)27-8-12(23-9-27)15-16-14(13(29)6-22-15)18(30)26-17(25-16)10-5-24-28(7-10)11-1-3-31-4-2-11/h5,7-9,11,19H,1-4,6H2,(H,25,26,30). The number of ketones is 1. The summed E-state index contributed by atoms with van der Waals surface area (Å²) in [6, 6.07) is 0.184. The van der Waals surface area contributed by atoms with E-state index >= 15 is 0 Å². The van der Waals surface area contributed by atoms with Crippen molar-refractivity contribution in [3.8, 4) is 11.4 Å². The van der Waals surface area contributed by atoms with Crippen LogP contribution in [0.3, 0.4) is 0 Å². The molecule has 2 aliphatic rings. The predicted molar refractivity (Wildman–Crippen MR) is 103 cm³/mol. The Hall–Kier alpha value is -3.54. The van der Waals surface area contributed by atoms with E-state index in [1.807, 2.05) is 4.68 Å². The van der Waals surface area contributed by atoms with Crippen molar-refractivity contribution in [3.05, 3.63) is 52.2 Å². The number of halogens is 2. The minimum atomic E-state index is -2.77. The third kappa shape index (κ3) is 3.48. The minimum absolute atomic E-state index is 0.0216. The Bertz CT molecular complexity index is 1240. The molecule has 0 radical (unpaired) electrons. The van der Waals surface area contributed by atoms with Gasteiger partial charge in [0.25, 0.3) is 5.56 Å². The van der Waals surface area contributed by atoms with Crippen LogP contribution in [0.5, 0.6) is 0 Å². The molecule has 0 amide bonds. The molecule has 3 aromatic heterocycles. The van der Waals surface area contributed by atoms with Gasteiger partial charge in [-0.15, -0.1) is 0 Å². The third-order valence-corrected chi connectivity index (χ3v) is 5.31. The van der Waals surface area contributed by atoms with Crippen LogP contribution in [-0.4, -0.2) is 60.6 Å². The van der Waals surface area contributed by atoms with Gasteiger partial charge < -0.3 is 9.72 Å². The molecule has 2 aliphatic heterocycles. The molecule has 10 nitrogen and oxygen atoms in total. The van der Waals surface area contributed by atoms with Crippen molar-refractivity contribution in [1.29, 1.82) is 0 Å². The molecule has 0 aliphatic carbocycles. The molecule has 0 aromatic carbocycles. The number of fused-ring (bicyclic) bond motifs is 1. The Morgan fingerprint density at radius 3 is 2.74 bits per heavy atom. The number of aliphatic imine (C=N–C) groups is 1. The molecule has 1 saturated heterocycles. The number of ether oxygens (including phenoxy) is 1. The summed E-state index contributed by atoms with van der Waals surface area (Å²) in [6.45, 7) is -1.75. The molecule has 5 heterocycles. The van der Waals surface area contributed by atoms with Gasteiger partial charge in [-0.2, -0.15) is 13.9 Å². The number of rotatable bonds is 4. The first-order valence-electron chi connectivity index (χ1n) is 9.68. The largest absolute Gasteiger partial charge is 0.381 e. The lowest BCUT2D eigenvalue weighted by Gasteiger charge is -2.22. The summed E-state index contributed by atoms with van der Waals surface area (Å²) in [6.07, 6.45) is 7.07. The minimum Gasteiger partial charge on any atom is -0.381 e. The summed E-state index contributed by atoms with van der Waals surface area (Å²) in [7, 11) is 0. The van der Waals surface area contributed by atoms with Gasteiger partial charge in [-0.1, -0.05) is 0 Å². The van der Waals surface area contributed by atoms with Gasteiger partial charge in [0.1, 0.15) is 35.0 Å². The lowest BCUT2D eigenvalue weighted by molar-refractivity contribution is 0.0662. The number of nitrogens with zero attached hydrogens (tertiary/aromatic N) is 6. The molecule has 3 aromatic rings. The normalized spacial score (nSPS) is 17.1. The molecule has 1 fully saturated rings. The van der Waals surface area contributed by atoms with Gasteiger partial charge in [0.2, 0.25) is 0 Å². The lowest BCUT2D eigenvalue weighted by Crippen LogP contribution is -2.31. The number of hydrogen-bond acceptors (Lipinski definition) is 7. The predicted octanol–water partition coefficient (Wildman–Crippen LogP) is 1.61. The van der Waals surface area contributed by atoms with Crippen molar-refractivity contribution in [2.75, 3.05) is 19.8 Å². The average molecular weight is 429 g/mol. The SMILES string of the molecule is O=C1CN=C(c2cn(C(F)F)cn2)c2nc(-c3cnn(C4CCOCC4)c3)[nH]c(=O)c21. The van der Waals surface area contributed by atoms with Crippen LogP contribution in [0.1, 0.15) is 47.2 Å². The van der Waals surface area contributed by atoms with Crippen LogP contribution in [0.15, 0.2) is 34.7 Å². The number of imidazole rings is 1. The number of carbonyl (C=O) groups is 1. The fourth-order valence-corrected chi connectivity index (χ4v) is 3.72. The molecular weight excluding hydrogens is 412 g/mol. The number of hydrogen-bond donors (Lipinski definition) is 1. The van der Waals surface area contributed by atoms with Gasteiger partial charge in [-0.25, -0.2) is 9.97 Å². The van der Waals surface area contributed by atoms with E-state index in [4.69, 9.17) is 4.74 Å². The molecule has 1 N–H and O–H groups in total. The first-order chi connectivity index (χ1) is 15.0. The molecule has 0 atom stereocenters. The van der Waals surface area contributed by atoms with Gasteiger partial charge in [0.05, 0.1) is 24.1 Å². The van der Waals surface area contributed by atoms with Gasteiger partial charge >= 0.3 is 6.55 Å². The second-order valence-corrected chi connectivity index (χ2v) is 7.26. The Labute approximate surface area is 173 Å². The van der Waals surface area contributed by atoms with E-state index in [0.29, 0.717) is 23.3 Å². The van der Waals surface area contributed by atoms with E-state index in [0.717, 1.165) is 25.4 Å². The molecule has 5 rings (SSSR count). The van der Waals surface area contributed by atoms with E-state index < -0.39 is 17.9 Å². The highest BCUT2D eigenvalue weighted by Gasteiger charge is 2.29. The summed E-state index contributed by atoms with van der Waals surface area (Å²) >= 11 is 0. The van der Waals surface area contributed by atoms with Crippen molar-refractivity contribution in [3.63, 3.8) is 0 Å². The lowest BCUT2D eigenvalue weighted by atomic mass is 10.0. The number of aromatic nitrogens is 6. The maximum Gasteiger partial charge on any atom is 0.319 e. The summed E-state index contributed by atoms with van der Waals surface area (Å²) < 4.78 is 33.7. The molecule has 0 unspecified atom stereocenters. The van der Waals surface area contributed by atoms with E-state index in [1.54, 1.807) is 12.4 Å². The smallest absolute Gasteiger partial charge is 0.319 e. The second-order valence-electron chi connectivity index (χ2n) is 7.26. The fourth-order valence-electron chi connectivity index (χ4n) is 3.72. The zero-order valence-corrected chi connectivity index (χ0v) is 16.2. The summed E-state index contributed by atoms with van der Waals surface area (Å²) in [5.41, 5.74) is 0.0334. The van der Waals surface area contributed by atoms with Crippen LogP contribution in [0.25, 0.3) is 11.4 Å². The Morgan fingerprint density at radius 1 is 1.19 bits per heavy atom. The zero-order chi connectivity index (χ0) is 21.5. The number of carbonyl (C=O) groups excluding carboxylic acids is 1. The molecule has 0 saturated carbocycles. The molecule has 0 bridgehead atoms. The summed E-state index contributed by atoms with van der Waals surface area (Å²) in [4.78, 5) is 40.2. The van der Waals surface area contributed by atoms with E-state index in [9.17, 15) is 18.4 Å². The van der Waals surface area contributed by atoms with Crippen molar-refractivity contribution in [2.45, 2.75) is 25.4 Å². The van der Waals surface area contributed by atoms with Gasteiger partial charge in [0.15, 0.2) is 5.78 Å². The topological polar surface area (TPSA) is 120 Å². The first-order valence-corrected chi connectivity index (χ1v) is 9.68. The number of nitrogens with one attached hydrogen (secondary N) is 1. The first kappa shape index (κ1) is 19.4. The monoisotopic (exact) mass is 429 g/mol. The van der Waals surface area contributed by atoms with Crippen LogP contribution < -0.4 is 5.56 Å². The number of Topliss-reactive ketones (excluding diaryl/α,β-unsaturated/α-hetero) is 1. The average Bonchev–Trinajstić information content (AvgIpc) is 3.45. The Balaban J connectivity index is 1.56. The van der Waals surface area contributed by atoms with Crippen LogP contribution in [0, 0.1) is 0 Å².